The average molecular weight is 148 g/mol. The highest BCUT2D eigenvalue weighted by molar-refractivity contribution is 8.60. The van der Waals surface area contributed by atoms with Gasteiger partial charge in [0.05, 0.1) is 0 Å². The van der Waals surface area contributed by atoms with Gasteiger partial charge in [-0.15, -0.1) is 0 Å². The SMILES string of the molecule is C=S1(=C)CS(=C)(=C)[N-]1. The van der Waals surface area contributed by atoms with Crippen molar-refractivity contribution in [3.05, 3.63) is 4.13 Å². The fourth-order valence-electron chi connectivity index (χ4n) is 0.736. The van der Waals surface area contributed by atoms with Crippen LogP contribution in [0.2, 0.25) is 0 Å². The highest BCUT2D eigenvalue weighted by atomic mass is 32.3. The number of hydrogen-bond acceptors (Lipinski definition) is 0. The first kappa shape index (κ1) is 6.26. The second-order valence-electron chi connectivity index (χ2n) is 2.19. The molecule has 8 heavy (non-hydrogen) atoms. The number of hydrogen-bond donors (Lipinski definition) is 0. The van der Waals surface area contributed by atoms with Gasteiger partial charge in [-0.1, -0.05) is 23.5 Å². The Kier molecular flexibility index (Phi) is 1.05. The summed E-state index contributed by atoms with van der Waals surface area (Å²) < 4.78 is 4.21. The maximum absolute atomic E-state index is 4.21. The minimum Gasteiger partial charge on any atom is -0.564 e. The molecule has 0 amide bonds. The summed E-state index contributed by atoms with van der Waals surface area (Å²) in [4.78, 5) is 0. The molecule has 0 radical (unpaired) electrons. The highest BCUT2D eigenvalue weighted by Crippen LogP contribution is 2.59. The zero-order chi connectivity index (χ0) is 6.41. The Morgan fingerprint density at radius 2 is 1.25 bits per heavy atom. The van der Waals surface area contributed by atoms with Crippen molar-refractivity contribution in [3.8, 4) is 0 Å². The molecule has 1 fully saturated rings. The van der Waals surface area contributed by atoms with Gasteiger partial charge in [0.15, 0.2) is 0 Å². The zero-order valence-corrected chi connectivity index (χ0v) is 6.43. The second-order valence-corrected chi connectivity index (χ2v) is 7.73. The van der Waals surface area contributed by atoms with E-state index in [4.69, 9.17) is 0 Å². The van der Waals surface area contributed by atoms with Crippen molar-refractivity contribution < 1.29 is 0 Å². The number of nitrogens with zero attached hydrogens (tertiary/aromatic N) is 1. The lowest BCUT2D eigenvalue weighted by Crippen LogP contribution is -1.96. The van der Waals surface area contributed by atoms with E-state index in [0.29, 0.717) is 0 Å². The van der Waals surface area contributed by atoms with E-state index in [-0.39, 0.29) is 0 Å². The van der Waals surface area contributed by atoms with Gasteiger partial charge in [-0.05, 0) is 5.08 Å². The standard InChI is InChI=1S/C5H10NS2/c1-7(2)5-8(3,4)6-7/h1-5H2/q-1. The van der Waals surface area contributed by atoms with E-state index in [2.05, 4.69) is 27.6 Å². The van der Waals surface area contributed by atoms with E-state index < -0.39 is 18.8 Å². The Bertz CT molecular complexity index is 230. The molecule has 0 aliphatic carbocycles. The van der Waals surface area contributed by atoms with Crippen molar-refractivity contribution in [2.45, 2.75) is 0 Å². The van der Waals surface area contributed by atoms with E-state index in [9.17, 15) is 0 Å². The smallest absolute Gasteiger partial charge is 0.0125 e. The van der Waals surface area contributed by atoms with Crippen molar-refractivity contribution in [1.29, 1.82) is 0 Å². The van der Waals surface area contributed by atoms with Gasteiger partial charge in [-0.2, -0.15) is 0 Å². The Balaban J connectivity index is 3.00. The summed E-state index contributed by atoms with van der Waals surface area (Å²) in [6.07, 6.45) is 0. The zero-order valence-electron chi connectivity index (χ0n) is 4.80. The van der Waals surface area contributed by atoms with E-state index in [1.807, 2.05) is 0 Å². The Hall–Kier alpha value is 0.140. The van der Waals surface area contributed by atoms with Crippen molar-refractivity contribution in [2.24, 2.45) is 0 Å². The lowest BCUT2D eigenvalue weighted by molar-refractivity contribution is 2.17. The van der Waals surface area contributed by atoms with Crippen LogP contribution in [-0.2, 0) is 0 Å². The molecule has 0 atom stereocenters. The molecule has 0 aromatic rings. The molecule has 1 saturated heterocycles. The molecule has 1 aliphatic rings. The van der Waals surface area contributed by atoms with Gasteiger partial charge in [0.25, 0.3) is 0 Å². The minimum atomic E-state index is -1.05. The fraction of sp³-hybridized carbons (Fsp3) is 0.200. The van der Waals surface area contributed by atoms with E-state index in [1.54, 1.807) is 0 Å². The van der Waals surface area contributed by atoms with Crippen LogP contribution in [0.1, 0.15) is 0 Å². The van der Waals surface area contributed by atoms with Gasteiger partial charge in [0.2, 0.25) is 0 Å². The van der Waals surface area contributed by atoms with Crippen molar-refractivity contribution in [3.63, 3.8) is 0 Å². The third-order valence-electron chi connectivity index (χ3n) is 0.755. The molecule has 1 heterocycles. The Morgan fingerprint density at radius 1 is 1.00 bits per heavy atom. The third kappa shape index (κ3) is 1.10. The Morgan fingerprint density at radius 3 is 1.25 bits per heavy atom. The van der Waals surface area contributed by atoms with Crippen LogP contribution in [0.25, 0.3) is 4.13 Å². The van der Waals surface area contributed by atoms with Crippen LogP contribution in [0.15, 0.2) is 0 Å². The summed E-state index contributed by atoms with van der Waals surface area (Å²) in [6.45, 7) is 0. The van der Waals surface area contributed by atoms with Crippen molar-refractivity contribution in [2.75, 3.05) is 5.08 Å². The molecule has 48 valence electrons. The van der Waals surface area contributed by atoms with Gasteiger partial charge >= 0.3 is 0 Å². The molecule has 1 aliphatic heterocycles. The molecule has 0 aromatic carbocycles. The maximum Gasteiger partial charge on any atom is -0.0125 e. The molecule has 0 unspecified atom stereocenters. The molecule has 0 N–H and O–H groups in total. The van der Waals surface area contributed by atoms with Crippen LogP contribution in [0.4, 0.5) is 0 Å². The Labute approximate surface area is 51.9 Å². The van der Waals surface area contributed by atoms with E-state index in [0.717, 1.165) is 5.08 Å². The highest BCUT2D eigenvalue weighted by Gasteiger charge is 1.98. The molecule has 3 heteroatoms. The molecule has 1 rings (SSSR count). The monoisotopic (exact) mass is 148 g/mol. The summed E-state index contributed by atoms with van der Waals surface area (Å²) in [5.41, 5.74) is 0. The predicted octanol–water partition coefficient (Wildman–Crippen LogP) is 1.50. The largest absolute Gasteiger partial charge is 0.564 e. The van der Waals surface area contributed by atoms with Crippen LogP contribution >= 0.6 is 18.8 Å². The van der Waals surface area contributed by atoms with Gasteiger partial charge in [-0.25, -0.2) is 0 Å². The van der Waals surface area contributed by atoms with Crippen LogP contribution in [0.5, 0.6) is 0 Å². The normalized spacial score (nSPS) is 31.0. The van der Waals surface area contributed by atoms with Crippen LogP contribution in [0, 0.1) is 0 Å². The summed E-state index contributed by atoms with van der Waals surface area (Å²) in [5.74, 6) is 15.3. The second kappa shape index (κ2) is 1.35. The predicted molar refractivity (Wildman–Crippen MR) is 51.9 cm³/mol. The van der Waals surface area contributed by atoms with Gasteiger partial charge in [0.1, 0.15) is 0 Å². The lowest BCUT2D eigenvalue weighted by Gasteiger charge is -2.52. The molecule has 1 nitrogen and oxygen atoms in total. The molecule has 0 bridgehead atoms. The molecular weight excluding hydrogens is 138 g/mol. The maximum atomic E-state index is 4.21. The summed E-state index contributed by atoms with van der Waals surface area (Å²) in [7, 11) is -2.10. The van der Waals surface area contributed by atoms with Crippen molar-refractivity contribution in [1.82, 2.24) is 0 Å². The molecule has 0 aromatic heterocycles. The number of rotatable bonds is 0. The van der Waals surface area contributed by atoms with Crippen LogP contribution < -0.4 is 0 Å². The van der Waals surface area contributed by atoms with Gasteiger partial charge < -0.3 is 4.13 Å². The first-order valence-corrected chi connectivity index (χ1v) is 6.29. The van der Waals surface area contributed by atoms with Crippen LogP contribution in [0.3, 0.4) is 0 Å². The first-order chi connectivity index (χ1) is 3.41. The van der Waals surface area contributed by atoms with Gasteiger partial charge in [0, 0.05) is 0 Å². The van der Waals surface area contributed by atoms with Gasteiger partial charge in [-0.3, -0.25) is 18.8 Å². The average Bonchev–Trinajstić information content (AvgIpc) is 1.20. The minimum absolute atomic E-state index is 0.958. The van der Waals surface area contributed by atoms with E-state index in [1.165, 1.54) is 0 Å². The molecular formula is C5H10NS2-. The molecule has 0 saturated carbocycles. The third-order valence-corrected chi connectivity index (χ3v) is 6.79. The molecule has 0 spiro atoms. The quantitative estimate of drug-likeness (QED) is 0.462. The first-order valence-electron chi connectivity index (χ1n) is 2.10. The fourth-order valence-corrected chi connectivity index (χ4v) is 6.62. The summed E-state index contributed by atoms with van der Waals surface area (Å²) >= 11 is 0. The lowest BCUT2D eigenvalue weighted by atomic mass is 11.9. The summed E-state index contributed by atoms with van der Waals surface area (Å²) in [6, 6.07) is 0. The van der Waals surface area contributed by atoms with Crippen molar-refractivity contribution >= 4 is 42.3 Å². The van der Waals surface area contributed by atoms with Crippen LogP contribution in [-0.4, -0.2) is 28.6 Å². The topological polar surface area (TPSA) is 14.1 Å². The summed E-state index contributed by atoms with van der Waals surface area (Å²) in [5, 5.41) is 0.958. The van der Waals surface area contributed by atoms with E-state index >= 15 is 0 Å².